The van der Waals surface area contributed by atoms with Gasteiger partial charge in [0.25, 0.3) is 5.56 Å². The third-order valence-electron chi connectivity index (χ3n) is 6.24. The van der Waals surface area contributed by atoms with Gasteiger partial charge >= 0.3 is 0 Å². The lowest BCUT2D eigenvalue weighted by Crippen LogP contribution is -2.41. The third-order valence-corrected chi connectivity index (χ3v) is 6.59. The van der Waals surface area contributed by atoms with E-state index in [0.29, 0.717) is 16.9 Å². The molecule has 40 heavy (non-hydrogen) atoms. The number of aliphatic hydroxyl groups is 2. The van der Waals surface area contributed by atoms with Crippen LogP contribution in [-0.4, -0.2) is 45.5 Å². The van der Waals surface area contributed by atoms with Gasteiger partial charge in [-0.1, -0.05) is 17.7 Å². The third kappa shape index (κ3) is 6.49. The van der Waals surface area contributed by atoms with Crippen molar-refractivity contribution in [3.05, 3.63) is 86.8 Å². The van der Waals surface area contributed by atoms with Crippen molar-refractivity contribution in [2.45, 2.75) is 45.4 Å². The normalized spacial score (nSPS) is 13.0. The molecule has 0 unspecified atom stereocenters. The van der Waals surface area contributed by atoms with Gasteiger partial charge in [-0.3, -0.25) is 24.2 Å². The lowest BCUT2D eigenvalue weighted by atomic mass is 10.0. The molecule has 1 aliphatic heterocycles. The average Bonchev–Trinajstić information content (AvgIpc) is 3.26. The molecule has 12 heteroatoms. The van der Waals surface area contributed by atoms with Gasteiger partial charge < -0.3 is 19.5 Å². The van der Waals surface area contributed by atoms with Crippen molar-refractivity contribution in [2.75, 3.05) is 23.1 Å². The summed E-state index contributed by atoms with van der Waals surface area (Å²) in [5, 5.41) is 19.1. The van der Waals surface area contributed by atoms with Crippen LogP contribution in [0, 0.1) is 11.6 Å². The second kappa shape index (κ2) is 11.7. The molecule has 3 aromatic rings. The molecule has 0 saturated heterocycles. The van der Waals surface area contributed by atoms with E-state index >= 15 is 0 Å². The molecule has 2 heterocycles. The summed E-state index contributed by atoms with van der Waals surface area (Å²) >= 11 is 6.25. The van der Waals surface area contributed by atoms with Crippen molar-refractivity contribution in [1.29, 1.82) is 0 Å². The van der Waals surface area contributed by atoms with E-state index in [9.17, 15) is 33.4 Å². The maximum atomic E-state index is 13.9. The minimum Gasteiger partial charge on any atom is -0.487 e. The highest BCUT2D eigenvalue weighted by Gasteiger charge is 2.35. The topological polar surface area (TPSA) is 112 Å². The molecule has 212 valence electrons. The number of carbonyl (C=O) groups excluding carboxylic acids is 2. The van der Waals surface area contributed by atoms with Gasteiger partial charge in [0.15, 0.2) is 0 Å². The minimum atomic E-state index is -1.27. The van der Waals surface area contributed by atoms with Gasteiger partial charge in [0.05, 0.1) is 43.0 Å². The fourth-order valence-corrected chi connectivity index (χ4v) is 4.51. The van der Waals surface area contributed by atoms with Crippen LogP contribution in [0.25, 0.3) is 0 Å². The highest BCUT2D eigenvalue weighted by Crippen LogP contribution is 2.38. The molecule has 1 aliphatic rings. The molecule has 2 N–H and O–H groups in total. The maximum absolute atomic E-state index is 13.9. The number of nitrogens with zero attached hydrogens (tertiary/aromatic N) is 3. The Bertz CT molecular complexity index is 1500. The first-order valence-corrected chi connectivity index (χ1v) is 12.8. The Morgan fingerprint density at radius 1 is 1.05 bits per heavy atom. The van der Waals surface area contributed by atoms with Crippen molar-refractivity contribution in [2.24, 2.45) is 0 Å². The van der Waals surface area contributed by atoms with Gasteiger partial charge in [-0.2, -0.15) is 0 Å². The van der Waals surface area contributed by atoms with Crippen LogP contribution in [0.3, 0.4) is 0 Å². The Morgan fingerprint density at radius 3 is 2.45 bits per heavy atom. The highest BCUT2D eigenvalue weighted by molar-refractivity contribution is 6.31. The quantitative estimate of drug-likeness (QED) is 0.403. The Kier molecular flexibility index (Phi) is 8.57. The van der Waals surface area contributed by atoms with Crippen LogP contribution in [0.4, 0.5) is 20.2 Å². The maximum Gasteiger partial charge on any atom is 0.273 e. The van der Waals surface area contributed by atoms with E-state index in [1.165, 1.54) is 46.5 Å². The van der Waals surface area contributed by atoms with Gasteiger partial charge in [-0.05, 0) is 49.7 Å². The molecule has 0 atom stereocenters. The zero-order chi connectivity index (χ0) is 29.2. The molecule has 2 aromatic carbocycles. The number of aliphatic hydroxyl groups excluding tert-OH is 1. The molecule has 1 aromatic heterocycles. The van der Waals surface area contributed by atoms with Gasteiger partial charge in [-0.15, -0.1) is 0 Å². The number of halogens is 3. The first kappa shape index (κ1) is 29.2. The number of hydrogen-bond donors (Lipinski definition) is 2. The summed E-state index contributed by atoms with van der Waals surface area (Å²) in [6.45, 7) is 2.40. The molecule has 0 saturated carbocycles. The van der Waals surface area contributed by atoms with E-state index in [1.807, 2.05) is 0 Å². The van der Waals surface area contributed by atoms with Crippen molar-refractivity contribution < 1.29 is 33.3 Å². The van der Waals surface area contributed by atoms with Crippen molar-refractivity contribution in [3.63, 3.8) is 0 Å². The first-order chi connectivity index (χ1) is 18.9. The van der Waals surface area contributed by atoms with Crippen LogP contribution >= 0.6 is 11.6 Å². The van der Waals surface area contributed by atoms with Crippen LogP contribution < -0.4 is 20.1 Å². The van der Waals surface area contributed by atoms with Crippen molar-refractivity contribution in [3.8, 4) is 5.75 Å². The monoisotopic (exact) mass is 575 g/mol. The molecule has 0 aliphatic carbocycles. The Balaban J connectivity index is 1.57. The molecular formula is C28H28ClF2N3O6. The van der Waals surface area contributed by atoms with Gasteiger partial charge in [0.2, 0.25) is 11.8 Å². The Labute approximate surface area is 233 Å². The zero-order valence-corrected chi connectivity index (χ0v) is 22.6. The van der Waals surface area contributed by atoms with Crippen molar-refractivity contribution >= 4 is 34.8 Å². The number of carbonyl (C=O) groups is 2. The Hall–Kier alpha value is -3.80. The van der Waals surface area contributed by atoms with Crippen LogP contribution in [-0.2, 0) is 22.7 Å². The summed E-state index contributed by atoms with van der Waals surface area (Å²) in [6.07, 6.45) is 1.15. The summed E-state index contributed by atoms with van der Waals surface area (Å²) in [7, 11) is 0. The van der Waals surface area contributed by atoms with E-state index in [4.69, 9.17) is 16.3 Å². The van der Waals surface area contributed by atoms with Crippen LogP contribution in [0.2, 0.25) is 5.02 Å². The van der Waals surface area contributed by atoms with E-state index in [1.54, 1.807) is 18.2 Å². The molecule has 9 nitrogen and oxygen atoms in total. The summed E-state index contributed by atoms with van der Waals surface area (Å²) in [5.41, 5.74) is -0.236. The van der Waals surface area contributed by atoms with Crippen LogP contribution in [0.15, 0.2) is 53.5 Å². The molecule has 0 bridgehead atoms. The Morgan fingerprint density at radius 2 is 1.77 bits per heavy atom. The number of hydrogen-bond acceptors (Lipinski definition) is 6. The van der Waals surface area contributed by atoms with E-state index in [2.05, 4.69) is 0 Å². The number of aromatic nitrogens is 1. The number of rotatable bonds is 9. The number of pyridine rings is 1. The number of fused-ring (bicyclic) bond motifs is 1. The van der Waals surface area contributed by atoms with Crippen LogP contribution in [0.5, 0.6) is 5.75 Å². The molecule has 0 radical (unpaired) electrons. The van der Waals surface area contributed by atoms with E-state index in [0.717, 1.165) is 12.1 Å². The summed E-state index contributed by atoms with van der Waals surface area (Å²) in [5.74, 6) is -2.24. The summed E-state index contributed by atoms with van der Waals surface area (Å²) < 4.78 is 33.9. The lowest BCUT2D eigenvalue weighted by molar-refractivity contribution is -0.122. The predicted molar refractivity (Wildman–Crippen MR) is 144 cm³/mol. The van der Waals surface area contributed by atoms with Crippen molar-refractivity contribution in [1.82, 2.24) is 4.57 Å². The zero-order valence-electron chi connectivity index (χ0n) is 21.9. The standard InChI is InChI=1S/C28H28ClF2N3O6/c1-28(2,39)13-25(37)34-16-33(24(36)8-10-35)21-6-3-17(11-22(21)34)14-32-9-7-23(26(29)27(32)38)40-15-18-4-5-19(30)12-20(18)31/h3-7,9,11-12,35,39H,8,10,13-16H2,1-2H3. The molecule has 2 amide bonds. The average molecular weight is 576 g/mol. The molecule has 0 fully saturated rings. The fourth-order valence-electron chi connectivity index (χ4n) is 4.29. The second-order valence-corrected chi connectivity index (χ2v) is 10.4. The number of benzene rings is 2. The molecule has 0 spiro atoms. The molecular weight excluding hydrogens is 548 g/mol. The largest absolute Gasteiger partial charge is 0.487 e. The summed E-state index contributed by atoms with van der Waals surface area (Å²) in [4.78, 5) is 41.3. The second-order valence-electron chi connectivity index (χ2n) is 10.0. The predicted octanol–water partition coefficient (Wildman–Crippen LogP) is 3.59. The van der Waals surface area contributed by atoms with Crippen LogP contribution in [0.1, 0.15) is 37.8 Å². The van der Waals surface area contributed by atoms with E-state index < -0.39 is 28.7 Å². The smallest absolute Gasteiger partial charge is 0.273 e. The van der Waals surface area contributed by atoms with Gasteiger partial charge in [0.1, 0.15) is 35.7 Å². The first-order valence-electron chi connectivity index (χ1n) is 12.4. The minimum absolute atomic E-state index is 0.0297. The number of ether oxygens (including phenoxy) is 1. The van der Waals surface area contributed by atoms with Gasteiger partial charge in [0, 0.05) is 17.8 Å². The van der Waals surface area contributed by atoms with E-state index in [-0.39, 0.29) is 61.5 Å². The highest BCUT2D eigenvalue weighted by atomic mass is 35.5. The molecule has 4 rings (SSSR count). The number of amides is 2. The summed E-state index contributed by atoms with van der Waals surface area (Å²) in [6, 6.07) is 9.54. The lowest BCUT2D eigenvalue weighted by Gasteiger charge is -2.23. The number of anilines is 2. The van der Waals surface area contributed by atoms with Gasteiger partial charge in [-0.25, -0.2) is 8.78 Å². The fraction of sp³-hybridized carbons (Fsp3) is 0.321. The SMILES string of the molecule is CC(C)(O)CC(=O)N1CN(C(=O)CCO)c2ccc(Cn3ccc(OCc4ccc(F)cc4F)c(Cl)c3=O)cc21.